The second-order valence-corrected chi connectivity index (χ2v) is 8.07. The molecule has 2 heterocycles. The smallest absolute Gasteiger partial charge is 0.253 e. The van der Waals surface area contributed by atoms with E-state index in [9.17, 15) is 14.4 Å². The van der Waals surface area contributed by atoms with Crippen LogP contribution < -0.4 is 10.6 Å². The van der Waals surface area contributed by atoms with Crippen molar-refractivity contribution in [1.82, 2.24) is 15.0 Å². The van der Waals surface area contributed by atoms with Gasteiger partial charge in [0.25, 0.3) is 5.91 Å². The van der Waals surface area contributed by atoms with E-state index in [4.69, 9.17) is 4.52 Å². The molecule has 1 aliphatic rings. The van der Waals surface area contributed by atoms with Crippen LogP contribution in [0.5, 0.6) is 0 Å². The SMILES string of the molecule is CC(=O)Nc1ccc(-c2noc([C@H]3CCCN(C(=O)c4cccc(NC(C)=O)c4)C3)n2)cc1. The second kappa shape index (κ2) is 9.64. The number of aromatic nitrogens is 2. The summed E-state index contributed by atoms with van der Waals surface area (Å²) >= 11 is 0. The van der Waals surface area contributed by atoms with Crippen molar-refractivity contribution in [2.24, 2.45) is 0 Å². The highest BCUT2D eigenvalue weighted by Gasteiger charge is 2.29. The molecule has 9 heteroatoms. The lowest BCUT2D eigenvalue weighted by Gasteiger charge is -2.31. The zero-order valence-electron chi connectivity index (χ0n) is 18.5. The largest absolute Gasteiger partial charge is 0.339 e. The third-order valence-electron chi connectivity index (χ3n) is 5.39. The van der Waals surface area contributed by atoms with Gasteiger partial charge in [0.15, 0.2) is 0 Å². The van der Waals surface area contributed by atoms with Gasteiger partial charge in [0.2, 0.25) is 23.5 Å². The monoisotopic (exact) mass is 447 g/mol. The van der Waals surface area contributed by atoms with Crippen LogP contribution in [-0.4, -0.2) is 45.9 Å². The number of nitrogens with zero attached hydrogens (tertiary/aromatic N) is 3. The lowest BCUT2D eigenvalue weighted by atomic mass is 9.97. The first-order valence-corrected chi connectivity index (χ1v) is 10.8. The Morgan fingerprint density at radius 3 is 2.45 bits per heavy atom. The highest BCUT2D eigenvalue weighted by Crippen LogP contribution is 2.29. The molecule has 1 saturated heterocycles. The van der Waals surface area contributed by atoms with Crippen LogP contribution in [-0.2, 0) is 9.59 Å². The van der Waals surface area contributed by atoms with Gasteiger partial charge in [-0.1, -0.05) is 11.2 Å². The molecule has 4 rings (SSSR count). The van der Waals surface area contributed by atoms with Gasteiger partial charge in [-0.3, -0.25) is 14.4 Å². The molecular weight excluding hydrogens is 422 g/mol. The summed E-state index contributed by atoms with van der Waals surface area (Å²) in [5, 5.41) is 9.53. The number of carbonyl (C=O) groups is 3. The molecule has 2 aromatic carbocycles. The standard InChI is InChI=1S/C24H25N5O4/c1-15(30)25-20-10-8-17(9-11-20)22-27-23(33-28-22)19-6-4-12-29(14-19)24(32)18-5-3-7-21(13-18)26-16(2)31/h3,5,7-11,13,19H,4,6,12,14H2,1-2H3,(H,25,30)(H,26,31)/t19-/m0/s1. The summed E-state index contributed by atoms with van der Waals surface area (Å²) in [4.78, 5) is 41.9. The van der Waals surface area contributed by atoms with Crippen molar-refractivity contribution in [3.63, 3.8) is 0 Å². The highest BCUT2D eigenvalue weighted by molar-refractivity contribution is 5.97. The van der Waals surface area contributed by atoms with E-state index in [0.29, 0.717) is 41.7 Å². The van der Waals surface area contributed by atoms with Crippen molar-refractivity contribution in [2.45, 2.75) is 32.6 Å². The minimum absolute atomic E-state index is 0.0545. The van der Waals surface area contributed by atoms with Crippen LogP contribution in [0.4, 0.5) is 11.4 Å². The fourth-order valence-electron chi connectivity index (χ4n) is 3.90. The van der Waals surface area contributed by atoms with Gasteiger partial charge in [-0.15, -0.1) is 0 Å². The minimum Gasteiger partial charge on any atom is -0.339 e. The Morgan fingerprint density at radius 2 is 1.73 bits per heavy atom. The Kier molecular flexibility index (Phi) is 6.48. The molecule has 33 heavy (non-hydrogen) atoms. The van der Waals surface area contributed by atoms with Crippen molar-refractivity contribution in [2.75, 3.05) is 23.7 Å². The molecule has 0 bridgehead atoms. The van der Waals surface area contributed by atoms with Crippen LogP contribution in [0, 0.1) is 0 Å². The molecule has 2 N–H and O–H groups in total. The summed E-state index contributed by atoms with van der Waals surface area (Å²) in [7, 11) is 0. The zero-order valence-corrected chi connectivity index (χ0v) is 18.5. The second-order valence-electron chi connectivity index (χ2n) is 8.07. The van der Waals surface area contributed by atoms with E-state index in [0.717, 1.165) is 18.4 Å². The molecule has 1 aromatic heterocycles. The molecule has 1 fully saturated rings. The Bertz CT molecular complexity index is 1170. The van der Waals surface area contributed by atoms with Gasteiger partial charge in [0.1, 0.15) is 0 Å². The van der Waals surface area contributed by atoms with Crippen molar-refractivity contribution in [3.8, 4) is 11.4 Å². The van der Waals surface area contributed by atoms with E-state index in [-0.39, 0.29) is 23.6 Å². The maximum atomic E-state index is 13.1. The quantitative estimate of drug-likeness (QED) is 0.616. The van der Waals surface area contributed by atoms with Crippen molar-refractivity contribution in [1.29, 1.82) is 0 Å². The normalized spacial score (nSPS) is 15.7. The Hall–Kier alpha value is -4.01. The minimum atomic E-state index is -0.186. The van der Waals surface area contributed by atoms with Crippen LogP contribution in [0.25, 0.3) is 11.4 Å². The van der Waals surface area contributed by atoms with E-state index in [1.54, 1.807) is 41.3 Å². The number of hydrogen-bond donors (Lipinski definition) is 2. The molecule has 1 aliphatic heterocycles. The van der Waals surface area contributed by atoms with E-state index >= 15 is 0 Å². The Labute approximate surface area is 191 Å². The maximum Gasteiger partial charge on any atom is 0.253 e. The van der Waals surface area contributed by atoms with Crippen LogP contribution in [0.3, 0.4) is 0 Å². The summed E-state index contributed by atoms with van der Waals surface area (Å²) < 4.78 is 5.53. The lowest BCUT2D eigenvalue weighted by molar-refractivity contribution is -0.115. The average Bonchev–Trinajstić information content (AvgIpc) is 3.29. The molecule has 3 amide bonds. The summed E-state index contributed by atoms with van der Waals surface area (Å²) in [6.07, 6.45) is 1.67. The molecule has 0 radical (unpaired) electrons. The van der Waals surface area contributed by atoms with Gasteiger partial charge >= 0.3 is 0 Å². The van der Waals surface area contributed by atoms with Gasteiger partial charge in [-0.25, -0.2) is 0 Å². The molecule has 170 valence electrons. The molecule has 0 aliphatic carbocycles. The predicted molar refractivity (Wildman–Crippen MR) is 123 cm³/mol. The Morgan fingerprint density at radius 1 is 1.00 bits per heavy atom. The van der Waals surface area contributed by atoms with Crippen molar-refractivity contribution < 1.29 is 18.9 Å². The molecule has 1 atom stereocenters. The number of nitrogens with one attached hydrogen (secondary N) is 2. The predicted octanol–water partition coefficient (Wildman–Crippen LogP) is 3.67. The third kappa shape index (κ3) is 5.43. The van der Waals surface area contributed by atoms with Gasteiger partial charge in [0.05, 0.1) is 5.92 Å². The summed E-state index contributed by atoms with van der Waals surface area (Å²) in [6.45, 7) is 4.01. The van der Waals surface area contributed by atoms with E-state index in [1.807, 2.05) is 12.1 Å². The van der Waals surface area contributed by atoms with Gasteiger partial charge in [0, 0.05) is 49.4 Å². The molecule has 0 saturated carbocycles. The number of amides is 3. The zero-order chi connectivity index (χ0) is 23.4. The average molecular weight is 447 g/mol. The van der Waals surface area contributed by atoms with Crippen molar-refractivity contribution >= 4 is 29.1 Å². The van der Waals surface area contributed by atoms with Gasteiger partial charge in [-0.05, 0) is 55.3 Å². The molecular formula is C24H25N5O4. The third-order valence-corrected chi connectivity index (χ3v) is 5.39. The lowest BCUT2D eigenvalue weighted by Crippen LogP contribution is -2.39. The number of anilines is 2. The van der Waals surface area contributed by atoms with E-state index in [2.05, 4.69) is 20.8 Å². The molecule has 3 aromatic rings. The first-order chi connectivity index (χ1) is 15.9. The van der Waals surface area contributed by atoms with Crippen LogP contribution in [0.2, 0.25) is 0 Å². The maximum absolute atomic E-state index is 13.1. The number of likely N-dealkylation sites (tertiary alicyclic amines) is 1. The molecule has 9 nitrogen and oxygen atoms in total. The van der Waals surface area contributed by atoms with E-state index < -0.39 is 0 Å². The number of piperidine rings is 1. The van der Waals surface area contributed by atoms with Gasteiger partial charge in [-0.2, -0.15) is 4.98 Å². The summed E-state index contributed by atoms with van der Waals surface area (Å²) in [5.41, 5.74) is 2.58. The van der Waals surface area contributed by atoms with Crippen LogP contribution in [0.15, 0.2) is 53.1 Å². The number of hydrogen-bond acceptors (Lipinski definition) is 6. The summed E-state index contributed by atoms with van der Waals surface area (Å²) in [6, 6.07) is 14.1. The fourth-order valence-corrected chi connectivity index (χ4v) is 3.90. The van der Waals surface area contributed by atoms with Crippen LogP contribution >= 0.6 is 0 Å². The van der Waals surface area contributed by atoms with Crippen LogP contribution in [0.1, 0.15) is 48.9 Å². The number of benzene rings is 2. The molecule has 0 unspecified atom stereocenters. The Balaban J connectivity index is 1.45. The first kappa shape index (κ1) is 22.2. The summed E-state index contributed by atoms with van der Waals surface area (Å²) in [5.74, 6) is 0.491. The first-order valence-electron chi connectivity index (χ1n) is 10.8. The highest BCUT2D eigenvalue weighted by atomic mass is 16.5. The molecule has 0 spiro atoms. The topological polar surface area (TPSA) is 117 Å². The van der Waals surface area contributed by atoms with E-state index in [1.165, 1.54) is 13.8 Å². The van der Waals surface area contributed by atoms with Crippen molar-refractivity contribution in [3.05, 3.63) is 60.0 Å². The number of rotatable bonds is 5. The fraction of sp³-hybridized carbons (Fsp3) is 0.292. The van der Waals surface area contributed by atoms with Gasteiger partial charge < -0.3 is 20.1 Å². The number of carbonyl (C=O) groups excluding carboxylic acids is 3.